The van der Waals surface area contributed by atoms with Gasteiger partial charge in [0.2, 0.25) is 5.91 Å². The molecule has 0 aliphatic carbocycles. The molecular formula is C28H31N5O3S. The number of hydrogen-bond donors (Lipinski definition) is 3. The first-order chi connectivity index (χ1) is 18.0. The zero-order chi connectivity index (χ0) is 26.0. The number of benzene rings is 2. The molecule has 1 atom stereocenters. The predicted octanol–water partition coefficient (Wildman–Crippen LogP) is 4.68. The smallest absolute Gasteiger partial charge is 0.273 e. The normalized spacial score (nSPS) is 11.8. The van der Waals surface area contributed by atoms with E-state index in [2.05, 4.69) is 49.5 Å². The van der Waals surface area contributed by atoms with Crippen LogP contribution in [0.1, 0.15) is 55.1 Å². The number of hydrogen-bond acceptors (Lipinski definition) is 6. The van der Waals surface area contributed by atoms with Gasteiger partial charge in [-0.25, -0.2) is 0 Å². The van der Waals surface area contributed by atoms with Crippen LogP contribution in [0.3, 0.4) is 0 Å². The molecule has 2 aromatic heterocycles. The topological polar surface area (TPSA) is 117 Å². The van der Waals surface area contributed by atoms with Crippen LogP contribution < -0.4 is 10.6 Å². The first-order valence-electron chi connectivity index (χ1n) is 12.5. The van der Waals surface area contributed by atoms with E-state index in [9.17, 15) is 14.4 Å². The summed E-state index contributed by atoms with van der Waals surface area (Å²) in [6.07, 6.45) is 3.96. The molecule has 4 rings (SSSR count). The van der Waals surface area contributed by atoms with E-state index in [1.165, 1.54) is 0 Å². The number of nitrogens with one attached hydrogen (secondary N) is 3. The van der Waals surface area contributed by atoms with Crippen LogP contribution in [0.5, 0.6) is 0 Å². The summed E-state index contributed by atoms with van der Waals surface area (Å²) >= 11 is 1.09. The van der Waals surface area contributed by atoms with Crippen molar-refractivity contribution in [2.75, 3.05) is 6.54 Å². The lowest BCUT2D eigenvalue weighted by Crippen LogP contribution is -2.47. The van der Waals surface area contributed by atoms with E-state index in [-0.39, 0.29) is 17.4 Å². The number of H-pyrrole nitrogens is 1. The minimum Gasteiger partial charge on any atom is -0.354 e. The fraction of sp³-hybridized carbons (Fsp3) is 0.321. The second-order valence-corrected chi connectivity index (χ2v) is 9.66. The van der Waals surface area contributed by atoms with Crippen LogP contribution in [0.2, 0.25) is 0 Å². The van der Waals surface area contributed by atoms with E-state index in [0.29, 0.717) is 25.8 Å². The molecule has 2 amide bonds. The van der Waals surface area contributed by atoms with Crippen LogP contribution in [-0.2, 0) is 16.0 Å². The quantitative estimate of drug-likeness (QED) is 0.223. The number of rotatable bonds is 13. The Morgan fingerprint density at radius 2 is 1.78 bits per heavy atom. The SMILES string of the molecule is CC(=O)CCCCC[C@H](NC(=O)c1csnn1)C(=O)NCCc1c(-c2ccccc2)[nH]c2ccccc12. The van der Waals surface area contributed by atoms with Crippen LogP contribution in [0.25, 0.3) is 22.2 Å². The molecule has 0 bridgehead atoms. The van der Waals surface area contributed by atoms with Crippen molar-refractivity contribution in [3.8, 4) is 11.3 Å². The second-order valence-electron chi connectivity index (χ2n) is 9.05. The van der Waals surface area contributed by atoms with E-state index < -0.39 is 11.9 Å². The van der Waals surface area contributed by atoms with Gasteiger partial charge in [-0.3, -0.25) is 9.59 Å². The highest BCUT2D eigenvalue weighted by molar-refractivity contribution is 7.03. The molecule has 0 aliphatic heterocycles. The molecule has 0 fully saturated rings. The summed E-state index contributed by atoms with van der Waals surface area (Å²) in [6, 6.07) is 17.6. The summed E-state index contributed by atoms with van der Waals surface area (Å²) in [5.74, 6) is -0.490. The molecule has 0 spiro atoms. The number of nitrogens with zero attached hydrogens (tertiary/aromatic N) is 2. The molecule has 9 heteroatoms. The number of Topliss-reactive ketones (excluding diaryl/α,β-unsaturated/α-hetero) is 1. The highest BCUT2D eigenvalue weighted by Crippen LogP contribution is 2.30. The molecular weight excluding hydrogens is 486 g/mol. The Labute approximate surface area is 220 Å². The van der Waals surface area contributed by atoms with Gasteiger partial charge < -0.3 is 20.4 Å². The molecule has 0 saturated heterocycles. The van der Waals surface area contributed by atoms with Crippen molar-refractivity contribution in [3.05, 3.63) is 71.2 Å². The average molecular weight is 518 g/mol. The van der Waals surface area contributed by atoms with Gasteiger partial charge in [0.05, 0.1) is 0 Å². The molecule has 3 N–H and O–H groups in total. The minimum absolute atomic E-state index is 0.158. The fourth-order valence-corrected chi connectivity index (χ4v) is 4.84. The Morgan fingerprint density at radius 3 is 2.54 bits per heavy atom. The summed E-state index contributed by atoms with van der Waals surface area (Å²) in [6.45, 7) is 2.00. The fourth-order valence-electron chi connectivity index (χ4n) is 4.41. The lowest BCUT2D eigenvalue weighted by molar-refractivity contribution is -0.123. The highest BCUT2D eigenvalue weighted by atomic mass is 32.1. The molecule has 0 unspecified atom stereocenters. The lowest BCUT2D eigenvalue weighted by atomic mass is 10.0. The van der Waals surface area contributed by atoms with E-state index in [1.54, 1.807) is 12.3 Å². The van der Waals surface area contributed by atoms with E-state index in [1.807, 2.05) is 30.3 Å². The molecule has 0 saturated carbocycles. The van der Waals surface area contributed by atoms with E-state index in [4.69, 9.17) is 0 Å². The minimum atomic E-state index is -0.692. The van der Waals surface area contributed by atoms with Crippen LogP contribution in [0.4, 0.5) is 0 Å². The molecule has 192 valence electrons. The largest absolute Gasteiger partial charge is 0.354 e. The Kier molecular flexibility index (Phi) is 9.15. The van der Waals surface area contributed by atoms with Crippen molar-refractivity contribution in [2.45, 2.75) is 51.5 Å². The maximum Gasteiger partial charge on any atom is 0.273 e. The number of aromatic nitrogens is 3. The van der Waals surface area contributed by atoms with Gasteiger partial charge in [0.25, 0.3) is 5.91 Å². The van der Waals surface area contributed by atoms with Crippen LogP contribution in [-0.4, -0.2) is 44.8 Å². The lowest BCUT2D eigenvalue weighted by Gasteiger charge is -2.18. The second kappa shape index (κ2) is 12.9. The van der Waals surface area contributed by atoms with Gasteiger partial charge in [0, 0.05) is 34.9 Å². The Morgan fingerprint density at radius 1 is 1.00 bits per heavy atom. The summed E-state index contributed by atoms with van der Waals surface area (Å²) < 4.78 is 3.73. The molecule has 0 radical (unpaired) electrons. The summed E-state index contributed by atoms with van der Waals surface area (Å²) in [4.78, 5) is 40.4. The number of ketones is 1. The van der Waals surface area contributed by atoms with Gasteiger partial charge in [0.1, 0.15) is 11.8 Å². The number of fused-ring (bicyclic) bond motifs is 1. The standard InChI is InChI=1S/C28H31N5O3S/c1-19(34)10-4-2-7-15-24(31-28(36)25-18-37-33-32-25)27(35)29-17-16-22-21-13-8-9-14-23(21)30-26(22)20-11-5-3-6-12-20/h3,5-6,8-9,11-14,18,24,30H,2,4,7,10,15-17H2,1H3,(H,29,35)(H,31,36)/t24-/m0/s1. The van der Waals surface area contributed by atoms with Gasteiger partial charge in [-0.05, 0) is 54.9 Å². The maximum atomic E-state index is 13.1. The van der Waals surface area contributed by atoms with E-state index in [0.717, 1.165) is 58.5 Å². The summed E-state index contributed by atoms with van der Waals surface area (Å²) in [5.41, 5.74) is 4.52. The van der Waals surface area contributed by atoms with Crippen molar-refractivity contribution in [3.63, 3.8) is 0 Å². The van der Waals surface area contributed by atoms with E-state index >= 15 is 0 Å². The van der Waals surface area contributed by atoms with Gasteiger partial charge in [-0.15, -0.1) is 5.10 Å². The third-order valence-corrected chi connectivity index (χ3v) is 6.79. The third-order valence-electron chi connectivity index (χ3n) is 6.29. The van der Waals surface area contributed by atoms with Crippen molar-refractivity contribution in [2.24, 2.45) is 0 Å². The Balaban J connectivity index is 1.42. The molecule has 2 heterocycles. The van der Waals surface area contributed by atoms with Crippen LogP contribution in [0.15, 0.2) is 60.0 Å². The molecule has 0 aliphatic rings. The third kappa shape index (κ3) is 7.10. The monoisotopic (exact) mass is 517 g/mol. The number of para-hydroxylation sites is 1. The number of carbonyl (C=O) groups excluding carboxylic acids is 3. The number of aromatic amines is 1. The van der Waals surface area contributed by atoms with Crippen LogP contribution >= 0.6 is 11.5 Å². The molecule has 4 aromatic rings. The zero-order valence-electron chi connectivity index (χ0n) is 20.8. The average Bonchev–Trinajstić information content (AvgIpc) is 3.57. The number of unbranched alkanes of at least 4 members (excludes halogenated alkanes) is 2. The summed E-state index contributed by atoms with van der Waals surface area (Å²) in [7, 11) is 0. The van der Waals surface area contributed by atoms with Gasteiger partial charge in [0.15, 0.2) is 5.69 Å². The van der Waals surface area contributed by atoms with Crippen molar-refractivity contribution >= 4 is 40.0 Å². The summed E-state index contributed by atoms with van der Waals surface area (Å²) in [5, 5.41) is 12.3. The van der Waals surface area contributed by atoms with Gasteiger partial charge >= 0.3 is 0 Å². The number of carbonyl (C=O) groups is 3. The molecule has 2 aromatic carbocycles. The zero-order valence-corrected chi connectivity index (χ0v) is 21.6. The first-order valence-corrected chi connectivity index (χ1v) is 13.4. The van der Waals surface area contributed by atoms with Crippen LogP contribution in [0, 0.1) is 0 Å². The Hall–Kier alpha value is -3.85. The first kappa shape index (κ1) is 26.2. The molecule has 37 heavy (non-hydrogen) atoms. The van der Waals surface area contributed by atoms with Crippen molar-refractivity contribution in [1.82, 2.24) is 25.2 Å². The van der Waals surface area contributed by atoms with Crippen molar-refractivity contribution < 1.29 is 14.4 Å². The van der Waals surface area contributed by atoms with Crippen molar-refractivity contribution in [1.29, 1.82) is 0 Å². The number of amides is 2. The highest BCUT2D eigenvalue weighted by Gasteiger charge is 2.22. The van der Waals surface area contributed by atoms with Gasteiger partial charge in [-0.2, -0.15) is 0 Å². The van der Waals surface area contributed by atoms with Gasteiger partial charge in [-0.1, -0.05) is 65.9 Å². The Bertz CT molecular complexity index is 1330. The predicted molar refractivity (Wildman–Crippen MR) is 145 cm³/mol. The maximum absolute atomic E-state index is 13.1. The molecule has 8 nitrogen and oxygen atoms in total.